The fraction of sp³-hybridized carbons (Fsp3) is 0.125. The number of hydrogen-bond donors (Lipinski definition) is 1. The molecule has 0 unspecified atom stereocenters. The predicted octanol–water partition coefficient (Wildman–Crippen LogP) is 4.59. The largest absolute Gasteiger partial charge is 0.497 e. The zero-order chi connectivity index (χ0) is 22.3. The van der Waals surface area contributed by atoms with E-state index in [1.54, 1.807) is 49.6 Å². The van der Waals surface area contributed by atoms with Crippen molar-refractivity contribution in [3.63, 3.8) is 0 Å². The molecule has 162 valence electrons. The topological polar surface area (TPSA) is 95.7 Å². The van der Waals surface area contributed by atoms with Crippen LogP contribution in [0.4, 0.5) is 5.69 Å². The molecule has 0 saturated heterocycles. The van der Waals surface area contributed by atoms with Crippen molar-refractivity contribution in [2.24, 2.45) is 0 Å². The molecular formula is C24H21N3O5. The molecule has 4 rings (SSSR count). The number of carbonyl (C=O) groups excluding carboxylic acids is 1. The summed E-state index contributed by atoms with van der Waals surface area (Å²) in [5, 5.41) is 10.9. The van der Waals surface area contributed by atoms with E-state index in [4.69, 9.17) is 18.6 Å². The molecule has 3 aromatic carbocycles. The Kier molecular flexibility index (Phi) is 6.31. The predicted molar refractivity (Wildman–Crippen MR) is 118 cm³/mol. The average Bonchev–Trinajstić information content (AvgIpc) is 3.33. The summed E-state index contributed by atoms with van der Waals surface area (Å²) >= 11 is 0. The van der Waals surface area contributed by atoms with Crippen LogP contribution in [0, 0.1) is 0 Å². The Balaban J connectivity index is 1.36. The summed E-state index contributed by atoms with van der Waals surface area (Å²) in [6.07, 6.45) is 0. The lowest BCUT2D eigenvalue weighted by Crippen LogP contribution is -2.13. The molecule has 0 bridgehead atoms. The number of rotatable bonds is 8. The van der Waals surface area contributed by atoms with Gasteiger partial charge in [-0.25, -0.2) is 0 Å². The maximum atomic E-state index is 12.6. The molecule has 1 heterocycles. The smallest absolute Gasteiger partial charge is 0.259 e. The fourth-order valence-electron chi connectivity index (χ4n) is 2.97. The van der Waals surface area contributed by atoms with Gasteiger partial charge in [0.15, 0.2) is 6.61 Å². The Bertz CT molecular complexity index is 1190. The lowest BCUT2D eigenvalue weighted by atomic mass is 10.1. The van der Waals surface area contributed by atoms with Crippen molar-refractivity contribution >= 4 is 11.6 Å². The summed E-state index contributed by atoms with van der Waals surface area (Å²) in [5.41, 5.74) is 1.86. The molecule has 0 atom stereocenters. The minimum Gasteiger partial charge on any atom is -0.497 e. The van der Waals surface area contributed by atoms with Gasteiger partial charge >= 0.3 is 0 Å². The van der Waals surface area contributed by atoms with Crippen LogP contribution in [-0.2, 0) is 6.61 Å². The van der Waals surface area contributed by atoms with Gasteiger partial charge in [-0.2, -0.15) is 0 Å². The number of ether oxygens (including phenoxy) is 3. The van der Waals surface area contributed by atoms with Gasteiger partial charge in [0.2, 0.25) is 5.89 Å². The van der Waals surface area contributed by atoms with Gasteiger partial charge < -0.3 is 23.9 Å². The standard InChI is InChI=1S/C24H21N3O5/c1-29-19-12-13-20(21(14-19)30-2)23(28)25-17-8-10-18(11-9-17)31-15-22-26-27-24(32-22)16-6-4-3-5-7-16/h3-14H,15H2,1-2H3,(H,25,28). The highest BCUT2D eigenvalue weighted by atomic mass is 16.5. The second-order valence-corrected chi connectivity index (χ2v) is 6.70. The van der Waals surface area contributed by atoms with E-state index in [0.717, 1.165) is 5.56 Å². The Morgan fingerprint density at radius 1 is 0.906 bits per heavy atom. The van der Waals surface area contributed by atoms with E-state index < -0.39 is 0 Å². The van der Waals surface area contributed by atoms with Crippen molar-refractivity contribution in [3.8, 4) is 28.7 Å². The van der Waals surface area contributed by atoms with E-state index in [9.17, 15) is 4.79 Å². The van der Waals surface area contributed by atoms with Gasteiger partial charge in [0.05, 0.1) is 19.8 Å². The highest BCUT2D eigenvalue weighted by Crippen LogP contribution is 2.26. The van der Waals surface area contributed by atoms with Crippen LogP contribution in [0.1, 0.15) is 16.2 Å². The SMILES string of the molecule is COc1ccc(C(=O)Nc2ccc(OCc3nnc(-c4ccccc4)o3)cc2)c(OC)c1. The minimum absolute atomic E-state index is 0.134. The van der Waals surface area contributed by atoms with Gasteiger partial charge in [-0.05, 0) is 48.5 Å². The van der Waals surface area contributed by atoms with Crippen molar-refractivity contribution in [1.29, 1.82) is 0 Å². The normalized spacial score (nSPS) is 10.4. The third kappa shape index (κ3) is 4.86. The summed E-state index contributed by atoms with van der Waals surface area (Å²) in [7, 11) is 3.06. The summed E-state index contributed by atoms with van der Waals surface area (Å²) in [5.74, 6) is 2.15. The number of amides is 1. The number of methoxy groups -OCH3 is 2. The minimum atomic E-state index is -0.294. The van der Waals surface area contributed by atoms with Gasteiger partial charge in [0, 0.05) is 17.3 Å². The quantitative estimate of drug-likeness (QED) is 0.436. The highest BCUT2D eigenvalue weighted by Gasteiger charge is 2.14. The third-order valence-corrected chi connectivity index (χ3v) is 4.62. The van der Waals surface area contributed by atoms with Crippen LogP contribution in [0.15, 0.2) is 77.2 Å². The van der Waals surface area contributed by atoms with Crippen molar-refractivity contribution in [1.82, 2.24) is 10.2 Å². The van der Waals surface area contributed by atoms with Gasteiger partial charge in [-0.1, -0.05) is 18.2 Å². The third-order valence-electron chi connectivity index (χ3n) is 4.62. The molecule has 0 aliphatic rings. The molecule has 8 heteroatoms. The van der Waals surface area contributed by atoms with E-state index in [1.807, 2.05) is 30.3 Å². The maximum absolute atomic E-state index is 12.6. The molecule has 1 amide bonds. The Morgan fingerprint density at radius 3 is 2.38 bits per heavy atom. The number of nitrogens with one attached hydrogen (secondary N) is 1. The van der Waals surface area contributed by atoms with E-state index in [-0.39, 0.29) is 12.5 Å². The van der Waals surface area contributed by atoms with Crippen LogP contribution in [0.3, 0.4) is 0 Å². The van der Waals surface area contributed by atoms with Crippen LogP contribution in [0.2, 0.25) is 0 Å². The number of hydrogen-bond acceptors (Lipinski definition) is 7. The molecule has 4 aromatic rings. The van der Waals surface area contributed by atoms with E-state index in [0.29, 0.717) is 40.3 Å². The zero-order valence-corrected chi connectivity index (χ0v) is 17.6. The van der Waals surface area contributed by atoms with Crippen LogP contribution < -0.4 is 19.5 Å². The second kappa shape index (κ2) is 9.65. The zero-order valence-electron chi connectivity index (χ0n) is 17.6. The number of aromatic nitrogens is 2. The average molecular weight is 431 g/mol. The van der Waals surface area contributed by atoms with Crippen LogP contribution in [0.25, 0.3) is 11.5 Å². The van der Waals surface area contributed by atoms with Crippen molar-refractivity contribution < 1.29 is 23.4 Å². The second-order valence-electron chi connectivity index (χ2n) is 6.70. The molecule has 32 heavy (non-hydrogen) atoms. The number of nitrogens with zero attached hydrogens (tertiary/aromatic N) is 2. The first-order valence-corrected chi connectivity index (χ1v) is 9.80. The van der Waals surface area contributed by atoms with Crippen molar-refractivity contribution in [2.75, 3.05) is 19.5 Å². The summed E-state index contributed by atoms with van der Waals surface area (Å²) in [6.45, 7) is 0.134. The van der Waals surface area contributed by atoms with E-state index >= 15 is 0 Å². The Labute approximate surface area is 184 Å². The molecule has 0 aliphatic heterocycles. The molecular weight excluding hydrogens is 410 g/mol. The molecule has 0 radical (unpaired) electrons. The molecule has 1 N–H and O–H groups in total. The molecule has 1 aromatic heterocycles. The summed E-state index contributed by atoms with van der Waals surface area (Å²) in [6, 6.07) is 21.5. The van der Waals surface area contributed by atoms with E-state index in [1.165, 1.54) is 7.11 Å². The summed E-state index contributed by atoms with van der Waals surface area (Å²) < 4.78 is 21.8. The van der Waals surface area contributed by atoms with Gasteiger partial charge in [0.1, 0.15) is 17.2 Å². The highest BCUT2D eigenvalue weighted by molar-refractivity contribution is 6.06. The van der Waals surface area contributed by atoms with Crippen molar-refractivity contribution in [3.05, 3.63) is 84.3 Å². The lowest BCUT2D eigenvalue weighted by molar-refractivity contribution is 0.102. The Hall–Kier alpha value is -4.33. The van der Waals surface area contributed by atoms with Crippen LogP contribution >= 0.6 is 0 Å². The molecule has 0 fully saturated rings. The van der Waals surface area contributed by atoms with E-state index in [2.05, 4.69) is 15.5 Å². The van der Waals surface area contributed by atoms with Gasteiger partial charge in [-0.3, -0.25) is 4.79 Å². The van der Waals surface area contributed by atoms with Crippen LogP contribution in [0.5, 0.6) is 17.2 Å². The molecule has 0 saturated carbocycles. The first kappa shape index (κ1) is 20.9. The fourth-order valence-corrected chi connectivity index (χ4v) is 2.97. The summed E-state index contributed by atoms with van der Waals surface area (Å²) in [4.78, 5) is 12.6. The number of carbonyl (C=O) groups is 1. The van der Waals surface area contributed by atoms with Gasteiger partial charge in [0.25, 0.3) is 11.8 Å². The Morgan fingerprint density at radius 2 is 1.66 bits per heavy atom. The maximum Gasteiger partial charge on any atom is 0.259 e. The number of benzene rings is 3. The first-order chi connectivity index (χ1) is 15.7. The molecule has 0 aliphatic carbocycles. The van der Waals surface area contributed by atoms with Crippen molar-refractivity contribution in [2.45, 2.75) is 6.61 Å². The monoisotopic (exact) mass is 431 g/mol. The first-order valence-electron chi connectivity index (χ1n) is 9.80. The van der Waals surface area contributed by atoms with Gasteiger partial charge in [-0.15, -0.1) is 10.2 Å². The van der Waals surface area contributed by atoms with Crippen LogP contribution in [-0.4, -0.2) is 30.3 Å². The molecule has 8 nitrogen and oxygen atoms in total. The number of anilines is 1. The lowest BCUT2D eigenvalue weighted by Gasteiger charge is -2.11. The molecule has 0 spiro atoms.